The predicted molar refractivity (Wildman–Crippen MR) is 72.2 cm³/mol. The molecular formula is C13H8BrF2NO3. The predicted octanol–water partition coefficient (Wildman–Crippen LogP) is 4.56. The van der Waals surface area contributed by atoms with Gasteiger partial charge < -0.3 is 4.74 Å². The number of rotatable bonds is 4. The van der Waals surface area contributed by atoms with Gasteiger partial charge in [-0.15, -0.1) is 0 Å². The Labute approximate surface area is 121 Å². The molecule has 0 radical (unpaired) electrons. The highest BCUT2D eigenvalue weighted by Gasteiger charge is 2.13. The van der Waals surface area contributed by atoms with E-state index >= 15 is 0 Å². The van der Waals surface area contributed by atoms with Gasteiger partial charge in [-0.1, -0.05) is 15.9 Å². The van der Waals surface area contributed by atoms with Crippen molar-refractivity contribution >= 4 is 21.6 Å². The fourth-order valence-electron chi connectivity index (χ4n) is 1.56. The van der Waals surface area contributed by atoms with E-state index in [2.05, 4.69) is 15.9 Å². The van der Waals surface area contributed by atoms with Crippen molar-refractivity contribution < 1.29 is 18.4 Å². The summed E-state index contributed by atoms with van der Waals surface area (Å²) in [5.41, 5.74) is 0.137. The van der Waals surface area contributed by atoms with Crippen LogP contribution in [0.25, 0.3) is 0 Å². The lowest BCUT2D eigenvalue weighted by atomic mass is 10.2. The number of non-ortho nitro benzene ring substituents is 1. The molecule has 0 spiro atoms. The number of nitrogens with zero attached hydrogens (tertiary/aromatic N) is 1. The summed E-state index contributed by atoms with van der Waals surface area (Å²) in [6.07, 6.45) is 0. The van der Waals surface area contributed by atoms with Crippen LogP contribution in [0.15, 0.2) is 36.4 Å². The first kappa shape index (κ1) is 14.4. The highest BCUT2D eigenvalue weighted by molar-refractivity contribution is 9.08. The minimum atomic E-state index is -0.857. The summed E-state index contributed by atoms with van der Waals surface area (Å²) in [5, 5.41) is 10.8. The standard InChI is InChI=1S/C13H8BrF2NO3/c14-7-8-5-9(15)1-3-12(8)20-13-4-2-10(17(18)19)6-11(13)16/h1-6H,7H2. The van der Waals surface area contributed by atoms with Crippen LogP contribution in [0.2, 0.25) is 0 Å². The van der Waals surface area contributed by atoms with Crippen molar-refractivity contribution in [1.82, 2.24) is 0 Å². The molecule has 2 aromatic carbocycles. The molecule has 2 rings (SSSR count). The minimum Gasteiger partial charge on any atom is -0.454 e. The first-order valence-electron chi connectivity index (χ1n) is 5.47. The summed E-state index contributed by atoms with van der Waals surface area (Å²) in [4.78, 5) is 9.81. The van der Waals surface area contributed by atoms with Crippen molar-refractivity contribution in [1.29, 1.82) is 0 Å². The molecule has 0 fully saturated rings. The molecule has 4 nitrogen and oxygen atoms in total. The molecule has 2 aromatic rings. The molecular weight excluding hydrogens is 336 g/mol. The number of nitro benzene ring substituents is 1. The van der Waals surface area contributed by atoms with E-state index in [0.717, 1.165) is 18.2 Å². The number of hydrogen-bond acceptors (Lipinski definition) is 3. The van der Waals surface area contributed by atoms with Crippen LogP contribution in [0.5, 0.6) is 11.5 Å². The molecule has 0 heterocycles. The van der Waals surface area contributed by atoms with Crippen LogP contribution in [0.3, 0.4) is 0 Å². The number of halogens is 3. The van der Waals surface area contributed by atoms with Gasteiger partial charge in [-0.2, -0.15) is 0 Å². The Morgan fingerprint density at radius 1 is 1.15 bits per heavy atom. The molecule has 104 valence electrons. The van der Waals surface area contributed by atoms with E-state index in [-0.39, 0.29) is 17.2 Å². The lowest BCUT2D eigenvalue weighted by Crippen LogP contribution is -1.95. The average Bonchev–Trinajstić information content (AvgIpc) is 2.42. The number of alkyl halides is 1. The zero-order valence-corrected chi connectivity index (χ0v) is 11.6. The van der Waals surface area contributed by atoms with Gasteiger partial charge in [0.25, 0.3) is 5.69 Å². The Hall–Kier alpha value is -2.02. The second-order valence-electron chi connectivity index (χ2n) is 3.86. The van der Waals surface area contributed by atoms with E-state index in [1.54, 1.807) is 0 Å². The molecule has 0 N–H and O–H groups in total. The Bertz CT molecular complexity index is 664. The van der Waals surface area contributed by atoms with E-state index in [1.807, 2.05) is 0 Å². The highest BCUT2D eigenvalue weighted by atomic mass is 79.9. The zero-order chi connectivity index (χ0) is 14.7. The molecule has 0 bridgehead atoms. The molecule has 0 unspecified atom stereocenters. The van der Waals surface area contributed by atoms with Crippen LogP contribution < -0.4 is 4.74 Å². The Kier molecular flexibility index (Phi) is 4.29. The van der Waals surface area contributed by atoms with Crippen molar-refractivity contribution in [2.75, 3.05) is 0 Å². The fourth-order valence-corrected chi connectivity index (χ4v) is 1.99. The van der Waals surface area contributed by atoms with Gasteiger partial charge in [0.2, 0.25) is 0 Å². The maximum absolute atomic E-state index is 13.7. The molecule has 7 heteroatoms. The third-order valence-electron chi connectivity index (χ3n) is 2.51. The molecule has 0 saturated heterocycles. The molecule has 20 heavy (non-hydrogen) atoms. The number of ether oxygens (including phenoxy) is 1. The highest BCUT2D eigenvalue weighted by Crippen LogP contribution is 2.31. The monoisotopic (exact) mass is 343 g/mol. The summed E-state index contributed by atoms with van der Waals surface area (Å²) >= 11 is 3.18. The largest absolute Gasteiger partial charge is 0.454 e. The van der Waals surface area contributed by atoms with Crippen LogP contribution in [-0.2, 0) is 5.33 Å². The Balaban J connectivity index is 2.33. The first-order chi connectivity index (χ1) is 9.51. The van der Waals surface area contributed by atoms with Crippen molar-refractivity contribution in [3.8, 4) is 11.5 Å². The summed E-state index contributed by atoms with van der Waals surface area (Å²) < 4.78 is 32.1. The van der Waals surface area contributed by atoms with Gasteiger partial charge in [0.1, 0.15) is 11.6 Å². The van der Waals surface area contributed by atoms with Gasteiger partial charge in [0, 0.05) is 17.0 Å². The van der Waals surface area contributed by atoms with E-state index < -0.39 is 16.6 Å². The molecule has 0 aliphatic rings. The third-order valence-corrected chi connectivity index (χ3v) is 3.12. The Morgan fingerprint density at radius 2 is 1.85 bits per heavy atom. The Morgan fingerprint density at radius 3 is 2.45 bits per heavy atom. The molecule has 0 aromatic heterocycles. The van der Waals surface area contributed by atoms with Gasteiger partial charge in [-0.25, -0.2) is 8.78 Å². The smallest absolute Gasteiger partial charge is 0.272 e. The van der Waals surface area contributed by atoms with Gasteiger partial charge >= 0.3 is 0 Å². The van der Waals surface area contributed by atoms with Crippen LogP contribution in [0.1, 0.15) is 5.56 Å². The van der Waals surface area contributed by atoms with E-state index in [4.69, 9.17) is 4.74 Å². The second kappa shape index (κ2) is 5.96. The molecule has 0 atom stereocenters. The second-order valence-corrected chi connectivity index (χ2v) is 4.42. The number of nitro groups is 1. The van der Waals surface area contributed by atoms with Crippen LogP contribution >= 0.6 is 15.9 Å². The fraction of sp³-hybridized carbons (Fsp3) is 0.0769. The van der Waals surface area contributed by atoms with Gasteiger partial charge in [0.15, 0.2) is 11.6 Å². The third kappa shape index (κ3) is 3.11. The van der Waals surface area contributed by atoms with Gasteiger partial charge in [0.05, 0.1) is 11.0 Å². The summed E-state index contributed by atoms with van der Waals surface area (Å²) in [6, 6.07) is 6.88. The molecule has 0 aliphatic carbocycles. The van der Waals surface area contributed by atoms with Crippen molar-refractivity contribution in [2.45, 2.75) is 5.33 Å². The van der Waals surface area contributed by atoms with Crippen molar-refractivity contribution in [3.05, 3.63) is 63.7 Å². The van der Waals surface area contributed by atoms with Gasteiger partial charge in [-0.05, 0) is 24.3 Å². The molecule has 0 aliphatic heterocycles. The summed E-state index contributed by atoms with van der Waals surface area (Å²) in [5.74, 6) is -1.18. The SMILES string of the molecule is O=[N+]([O-])c1ccc(Oc2ccc(F)cc2CBr)c(F)c1. The summed E-state index contributed by atoms with van der Waals surface area (Å²) in [6.45, 7) is 0. The van der Waals surface area contributed by atoms with E-state index in [1.165, 1.54) is 18.2 Å². The maximum Gasteiger partial charge on any atom is 0.272 e. The van der Waals surface area contributed by atoms with Crippen molar-refractivity contribution in [3.63, 3.8) is 0 Å². The zero-order valence-electron chi connectivity index (χ0n) is 9.98. The van der Waals surface area contributed by atoms with Crippen LogP contribution in [-0.4, -0.2) is 4.92 Å². The van der Waals surface area contributed by atoms with E-state index in [9.17, 15) is 18.9 Å². The topological polar surface area (TPSA) is 52.4 Å². The quantitative estimate of drug-likeness (QED) is 0.464. The normalized spacial score (nSPS) is 10.3. The van der Waals surface area contributed by atoms with Crippen molar-refractivity contribution in [2.24, 2.45) is 0 Å². The minimum absolute atomic E-state index is 0.163. The molecule has 0 saturated carbocycles. The number of hydrogen-bond donors (Lipinski definition) is 0. The lowest BCUT2D eigenvalue weighted by molar-refractivity contribution is -0.385. The maximum atomic E-state index is 13.7. The van der Waals surface area contributed by atoms with Gasteiger partial charge in [-0.3, -0.25) is 10.1 Å². The van der Waals surface area contributed by atoms with Crippen LogP contribution in [0.4, 0.5) is 14.5 Å². The summed E-state index contributed by atoms with van der Waals surface area (Å²) in [7, 11) is 0. The first-order valence-corrected chi connectivity index (χ1v) is 6.59. The van der Waals surface area contributed by atoms with E-state index in [0.29, 0.717) is 10.9 Å². The lowest BCUT2D eigenvalue weighted by Gasteiger charge is -2.10. The molecule has 0 amide bonds. The number of benzene rings is 2. The average molecular weight is 344 g/mol. The van der Waals surface area contributed by atoms with Crippen LogP contribution in [0, 0.1) is 21.7 Å².